The van der Waals surface area contributed by atoms with Crippen LogP contribution in [0.4, 0.5) is 11.7 Å². The Balaban J connectivity index is 1.50. The average Bonchev–Trinajstić information content (AvgIpc) is 3.29. The van der Waals surface area contributed by atoms with E-state index in [9.17, 15) is 13.2 Å². The fraction of sp³-hybridized carbons (Fsp3) is 0.0870. The Kier molecular flexibility index (Phi) is 6.57. The van der Waals surface area contributed by atoms with E-state index >= 15 is 0 Å². The van der Waals surface area contributed by atoms with Gasteiger partial charge >= 0.3 is 6.01 Å². The zero-order chi connectivity index (χ0) is 23.4. The molecular formula is C23H19BrN4O4S. The summed E-state index contributed by atoms with van der Waals surface area (Å²) in [4.78, 5) is 12.7. The number of sulfonamides is 1. The third-order valence-corrected chi connectivity index (χ3v) is 7.16. The molecule has 0 fully saturated rings. The van der Waals surface area contributed by atoms with Gasteiger partial charge in [-0.2, -0.15) is 0 Å². The summed E-state index contributed by atoms with van der Waals surface area (Å²) >= 11 is 3.38. The molecule has 0 aliphatic heterocycles. The molecule has 0 radical (unpaired) electrons. The Morgan fingerprint density at radius 3 is 2.39 bits per heavy atom. The number of carbonyl (C=O) groups is 1. The normalized spacial score (nSPS) is 11.2. The van der Waals surface area contributed by atoms with Crippen molar-refractivity contribution in [3.63, 3.8) is 0 Å². The standard InChI is InChI=1S/C23H19BrN4O4S/c1-2-28(19-9-4-3-5-10-19)33(30,31)20-13-11-16(12-14-20)21(29)25-23-27-26-22(32-23)17-7-6-8-18(24)15-17/h3-15H,2H2,1H3,(H,25,27,29). The number of para-hydroxylation sites is 1. The van der Waals surface area contributed by atoms with Crippen molar-refractivity contribution in [3.05, 3.63) is 88.9 Å². The molecule has 8 nitrogen and oxygen atoms in total. The van der Waals surface area contributed by atoms with E-state index in [4.69, 9.17) is 4.42 Å². The van der Waals surface area contributed by atoms with Gasteiger partial charge in [-0.05, 0) is 61.5 Å². The number of anilines is 2. The topological polar surface area (TPSA) is 105 Å². The highest BCUT2D eigenvalue weighted by Gasteiger charge is 2.24. The van der Waals surface area contributed by atoms with Crippen LogP contribution >= 0.6 is 15.9 Å². The number of carbonyl (C=O) groups excluding carboxylic acids is 1. The van der Waals surface area contributed by atoms with Gasteiger partial charge < -0.3 is 4.42 Å². The molecule has 0 unspecified atom stereocenters. The molecule has 1 N–H and O–H groups in total. The summed E-state index contributed by atoms with van der Waals surface area (Å²) < 4.78 is 33.8. The SMILES string of the molecule is CCN(c1ccccc1)S(=O)(=O)c1ccc(C(=O)Nc2nnc(-c3cccc(Br)c3)o2)cc1. The monoisotopic (exact) mass is 526 g/mol. The second-order valence-corrected chi connectivity index (χ2v) is 9.68. The first-order valence-electron chi connectivity index (χ1n) is 9.97. The lowest BCUT2D eigenvalue weighted by molar-refractivity contribution is 0.102. The third kappa shape index (κ3) is 4.96. The lowest BCUT2D eigenvalue weighted by Gasteiger charge is -2.22. The smallest absolute Gasteiger partial charge is 0.322 e. The second kappa shape index (κ2) is 9.55. The van der Waals surface area contributed by atoms with Crippen LogP contribution in [-0.4, -0.2) is 31.1 Å². The van der Waals surface area contributed by atoms with Crippen LogP contribution in [0.1, 0.15) is 17.3 Å². The molecule has 1 heterocycles. The van der Waals surface area contributed by atoms with E-state index in [-0.39, 0.29) is 28.9 Å². The summed E-state index contributed by atoms with van der Waals surface area (Å²) in [6, 6.07) is 21.8. The van der Waals surface area contributed by atoms with Gasteiger partial charge in [-0.15, -0.1) is 5.10 Å². The molecule has 1 aromatic heterocycles. The van der Waals surface area contributed by atoms with Crippen molar-refractivity contribution >= 4 is 43.6 Å². The number of halogens is 1. The number of amides is 1. The van der Waals surface area contributed by atoms with Crippen LogP contribution in [0.25, 0.3) is 11.5 Å². The predicted octanol–water partition coefficient (Wildman–Crippen LogP) is 4.97. The summed E-state index contributed by atoms with van der Waals surface area (Å²) in [6.45, 7) is 2.03. The lowest BCUT2D eigenvalue weighted by atomic mass is 10.2. The van der Waals surface area contributed by atoms with E-state index in [0.717, 1.165) is 4.47 Å². The maximum absolute atomic E-state index is 13.1. The Morgan fingerprint density at radius 2 is 1.73 bits per heavy atom. The molecule has 3 aromatic carbocycles. The van der Waals surface area contributed by atoms with Crippen molar-refractivity contribution in [2.45, 2.75) is 11.8 Å². The Labute approximate surface area is 199 Å². The van der Waals surface area contributed by atoms with Gasteiger partial charge in [0.15, 0.2) is 0 Å². The Morgan fingerprint density at radius 1 is 1.00 bits per heavy atom. The minimum absolute atomic E-state index is 0.0621. The zero-order valence-electron chi connectivity index (χ0n) is 17.5. The van der Waals surface area contributed by atoms with Crippen molar-refractivity contribution in [1.82, 2.24) is 10.2 Å². The molecule has 0 aliphatic carbocycles. The second-order valence-electron chi connectivity index (χ2n) is 6.91. The van der Waals surface area contributed by atoms with Crippen molar-refractivity contribution in [1.29, 1.82) is 0 Å². The molecule has 0 spiro atoms. The van der Waals surface area contributed by atoms with Crippen molar-refractivity contribution < 1.29 is 17.6 Å². The van der Waals surface area contributed by atoms with Crippen molar-refractivity contribution in [3.8, 4) is 11.5 Å². The molecule has 4 rings (SSSR count). The van der Waals surface area contributed by atoms with Crippen molar-refractivity contribution in [2.75, 3.05) is 16.2 Å². The maximum Gasteiger partial charge on any atom is 0.322 e. The van der Waals surface area contributed by atoms with E-state index in [1.54, 1.807) is 37.3 Å². The molecule has 0 aliphatic rings. The molecule has 0 saturated carbocycles. The molecule has 0 atom stereocenters. The van der Waals surface area contributed by atoms with E-state index in [0.29, 0.717) is 11.3 Å². The number of hydrogen-bond donors (Lipinski definition) is 1. The summed E-state index contributed by atoms with van der Waals surface area (Å²) in [5.74, 6) is -0.243. The number of benzene rings is 3. The Hall–Kier alpha value is -3.50. The summed E-state index contributed by atoms with van der Waals surface area (Å²) in [7, 11) is -3.78. The fourth-order valence-corrected chi connectivity index (χ4v) is 5.05. The van der Waals surface area contributed by atoms with Gasteiger partial charge in [0.2, 0.25) is 5.89 Å². The van der Waals surface area contributed by atoms with Gasteiger partial charge in [-0.3, -0.25) is 14.4 Å². The first kappa shape index (κ1) is 22.7. The van der Waals surface area contributed by atoms with Crippen LogP contribution in [0.15, 0.2) is 92.6 Å². The largest absolute Gasteiger partial charge is 0.403 e. The first-order chi connectivity index (χ1) is 15.9. The van der Waals surface area contributed by atoms with Crippen LogP contribution < -0.4 is 9.62 Å². The molecule has 10 heteroatoms. The van der Waals surface area contributed by atoms with Crippen LogP contribution in [0.5, 0.6) is 0 Å². The van der Waals surface area contributed by atoms with E-state index in [2.05, 4.69) is 31.4 Å². The minimum atomic E-state index is -3.78. The average molecular weight is 527 g/mol. The van der Waals surface area contributed by atoms with Crippen LogP contribution in [0, 0.1) is 0 Å². The van der Waals surface area contributed by atoms with Crippen LogP contribution in [0.2, 0.25) is 0 Å². The van der Waals surface area contributed by atoms with Crippen LogP contribution in [0.3, 0.4) is 0 Å². The summed E-state index contributed by atoms with van der Waals surface area (Å²) in [5, 5.41) is 10.3. The molecule has 33 heavy (non-hydrogen) atoms. The molecular weight excluding hydrogens is 508 g/mol. The predicted molar refractivity (Wildman–Crippen MR) is 128 cm³/mol. The van der Waals surface area contributed by atoms with Gasteiger partial charge in [-0.25, -0.2) is 8.42 Å². The third-order valence-electron chi connectivity index (χ3n) is 4.75. The van der Waals surface area contributed by atoms with E-state index < -0.39 is 15.9 Å². The van der Waals surface area contributed by atoms with Crippen molar-refractivity contribution in [2.24, 2.45) is 0 Å². The number of nitrogens with one attached hydrogen (secondary N) is 1. The van der Waals surface area contributed by atoms with Gasteiger partial charge in [0, 0.05) is 22.1 Å². The number of rotatable bonds is 7. The summed E-state index contributed by atoms with van der Waals surface area (Å²) in [5.41, 5.74) is 1.52. The summed E-state index contributed by atoms with van der Waals surface area (Å²) in [6.07, 6.45) is 0. The van der Waals surface area contributed by atoms with Gasteiger partial charge in [0.25, 0.3) is 15.9 Å². The van der Waals surface area contributed by atoms with E-state index in [1.165, 1.54) is 28.6 Å². The quantitative estimate of drug-likeness (QED) is 0.364. The highest BCUT2D eigenvalue weighted by atomic mass is 79.9. The number of nitrogens with zero attached hydrogens (tertiary/aromatic N) is 3. The highest BCUT2D eigenvalue weighted by Crippen LogP contribution is 2.25. The number of hydrogen-bond acceptors (Lipinski definition) is 6. The number of aromatic nitrogens is 2. The van der Waals surface area contributed by atoms with Gasteiger partial charge in [0.1, 0.15) is 0 Å². The highest BCUT2D eigenvalue weighted by molar-refractivity contribution is 9.10. The zero-order valence-corrected chi connectivity index (χ0v) is 19.9. The molecule has 1 amide bonds. The van der Waals surface area contributed by atoms with E-state index in [1.807, 2.05) is 24.3 Å². The maximum atomic E-state index is 13.1. The minimum Gasteiger partial charge on any atom is -0.403 e. The molecule has 168 valence electrons. The first-order valence-corrected chi connectivity index (χ1v) is 12.2. The van der Waals surface area contributed by atoms with Gasteiger partial charge in [0.05, 0.1) is 10.6 Å². The van der Waals surface area contributed by atoms with Gasteiger partial charge in [-0.1, -0.05) is 45.3 Å². The molecule has 0 bridgehead atoms. The fourth-order valence-electron chi connectivity index (χ4n) is 3.17. The lowest BCUT2D eigenvalue weighted by Crippen LogP contribution is -2.30. The molecule has 4 aromatic rings. The Bertz CT molecular complexity index is 1370. The molecule has 0 saturated heterocycles. The van der Waals surface area contributed by atoms with Crippen LogP contribution in [-0.2, 0) is 10.0 Å².